The van der Waals surface area contributed by atoms with Crippen LogP contribution in [0.2, 0.25) is 4.34 Å². The Bertz CT molecular complexity index is 918. The molecule has 1 aliphatic rings. The Morgan fingerprint density at radius 1 is 1.36 bits per heavy atom. The predicted octanol–water partition coefficient (Wildman–Crippen LogP) is 2.62. The molecule has 0 bridgehead atoms. The fraction of sp³-hybridized carbons (Fsp3) is 0.529. The number of morpholine rings is 1. The first-order chi connectivity index (χ1) is 13.2. The van der Waals surface area contributed by atoms with Gasteiger partial charge in [-0.05, 0) is 26.0 Å². The minimum atomic E-state index is -3.43. The van der Waals surface area contributed by atoms with E-state index in [1.54, 1.807) is 0 Å². The summed E-state index contributed by atoms with van der Waals surface area (Å²) in [6.45, 7) is 4.46. The molecule has 0 saturated carbocycles. The number of sulfonamides is 1. The molecule has 7 nitrogen and oxygen atoms in total. The molecular weight excluding hydrogens is 442 g/mol. The van der Waals surface area contributed by atoms with E-state index < -0.39 is 10.0 Å². The van der Waals surface area contributed by atoms with Gasteiger partial charge >= 0.3 is 0 Å². The highest BCUT2D eigenvalue weighted by atomic mass is 35.5. The Hall–Kier alpha value is -1.04. The second-order valence-electron chi connectivity index (χ2n) is 6.66. The normalized spacial score (nSPS) is 21.0. The number of nitrogens with zero attached hydrogens (tertiary/aromatic N) is 2. The maximum absolute atomic E-state index is 12.5. The van der Waals surface area contributed by atoms with E-state index in [0.717, 1.165) is 9.88 Å². The number of carbonyl (C=O) groups is 1. The largest absolute Gasteiger partial charge is 0.373 e. The zero-order valence-corrected chi connectivity index (χ0v) is 18.8. The Morgan fingerprint density at radius 3 is 2.71 bits per heavy atom. The molecule has 1 N–H and O–H groups in total. The van der Waals surface area contributed by atoms with Crippen LogP contribution in [0.1, 0.15) is 19.5 Å². The third kappa shape index (κ3) is 5.74. The first kappa shape index (κ1) is 21.7. The molecule has 1 saturated heterocycles. The van der Waals surface area contributed by atoms with Gasteiger partial charge in [0.25, 0.3) is 0 Å². The molecule has 0 aliphatic carbocycles. The molecule has 0 spiro atoms. The van der Waals surface area contributed by atoms with Gasteiger partial charge in [-0.2, -0.15) is 4.31 Å². The van der Waals surface area contributed by atoms with Gasteiger partial charge in [0.15, 0.2) is 0 Å². The number of ether oxygens (including phenoxy) is 1. The maximum atomic E-state index is 12.5. The molecule has 1 amide bonds. The van der Waals surface area contributed by atoms with E-state index >= 15 is 0 Å². The molecule has 154 valence electrons. The number of halogens is 1. The van der Waals surface area contributed by atoms with Crippen molar-refractivity contribution in [3.63, 3.8) is 0 Å². The van der Waals surface area contributed by atoms with Crippen LogP contribution in [0.4, 0.5) is 0 Å². The number of hydrogen-bond acceptors (Lipinski definition) is 7. The summed E-state index contributed by atoms with van der Waals surface area (Å²) in [7, 11) is -3.43. The van der Waals surface area contributed by atoms with Crippen molar-refractivity contribution in [3.8, 4) is 9.88 Å². The first-order valence-electron chi connectivity index (χ1n) is 8.83. The highest BCUT2D eigenvalue weighted by Crippen LogP contribution is 2.32. The van der Waals surface area contributed by atoms with E-state index in [2.05, 4.69) is 10.3 Å². The van der Waals surface area contributed by atoms with Crippen LogP contribution in [0.15, 0.2) is 17.5 Å². The van der Waals surface area contributed by atoms with Crippen molar-refractivity contribution in [2.45, 2.75) is 32.5 Å². The molecule has 2 atom stereocenters. The van der Waals surface area contributed by atoms with Gasteiger partial charge in [0.1, 0.15) is 5.01 Å². The highest BCUT2D eigenvalue weighted by molar-refractivity contribution is 7.89. The third-order valence-electron chi connectivity index (χ3n) is 4.14. The molecule has 2 unspecified atom stereocenters. The van der Waals surface area contributed by atoms with Crippen LogP contribution in [0.3, 0.4) is 0 Å². The molecule has 2 aromatic heterocycles. The quantitative estimate of drug-likeness (QED) is 0.681. The van der Waals surface area contributed by atoms with Crippen molar-refractivity contribution in [2.75, 3.05) is 25.4 Å². The number of hydrogen-bond donors (Lipinski definition) is 1. The van der Waals surface area contributed by atoms with Crippen LogP contribution in [0, 0.1) is 0 Å². The standard InChI is InChI=1S/C17H22ClN3O4S3/c1-11-8-21(9-12(2)25-11)28(23,24)6-5-19-16(22)7-13-10-26-17(20-13)14-3-4-15(18)27-14/h3-4,10-12H,5-9H2,1-2H3,(H,19,22). The zero-order valence-electron chi connectivity index (χ0n) is 15.6. The van der Waals surface area contributed by atoms with Crippen LogP contribution in [0.5, 0.6) is 0 Å². The molecule has 11 heteroatoms. The van der Waals surface area contributed by atoms with Crippen molar-refractivity contribution in [3.05, 3.63) is 27.5 Å². The topological polar surface area (TPSA) is 88.6 Å². The monoisotopic (exact) mass is 463 g/mol. The van der Waals surface area contributed by atoms with Gasteiger partial charge in [0.05, 0.1) is 39.3 Å². The zero-order chi connectivity index (χ0) is 20.3. The fourth-order valence-electron chi connectivity index (χ4n) is 2.96. The van der Waals surface area contributed by atoms with Crippen LogP contribution in [-0.4, -0.2) is 61.2 Å². The second-order valence-corrected chi connectivity index (χ2v) is 11.3. The Kier molecular flexibility index (Phi) is 7.11. The van der Waals surface area contributed by atoms with E-state index in [9.17, 15) is 13.2 Å². The molecule has 3 rings (SSSR count). The lowest BCUT2D eigenvalue weighted by Gasteiger charge is -2.34. The van der Waals surface area contributed by atoms with E-state index in [-0.39, 0.29) is 36.8 Å². The van der Waals surface area contributed by atoms with Gasteiger partial charge in [-0.1, -0.05) is 11.6 Å². The molecule has 0 radical (unpaired) electrons. The van der Waals surface area contributed by atoms with Crippen LogP contribution < -0.4 is 5.32 Å². The number of carbonyl (C=O) groups excluding carboxylic acids is 1. The molecule has 1 fully saturated rings. The molecule has 0 aromatic carbocycles. The van der Waals surface area contributed by atoms with Crippen LogP contribution in [-0.2, 0) is 26.0 Å². The Labute approximate surface area is 177 Å². The summed E-state index contributed by atoms with van der Waals surface area (Å²) in [5.74, 6) is -0.381. The summed E-state index contributed by atoms with van der Waals surface area (Å²) in [6.07, 6.45) is -0.156. The summed E-state index contributed by atoms with van der Waals surface area (Å²) in [4.78, 5) is 17.5. The van der Waals surface area contributed by atoms with E-state index in [1.807, 2.05) is 31.4 Å². The molecule has 2 aromatic rings. The number of aromatic nitrogens is 1. The fourth-order valence-corrected chi connectivity index (χ4v) is 6.39. The summed E-state index contributed by atoms with van der Waals surface area (Å²) in [6, 6.07) is 3.71. The first-order valence-corrected chi connectivity index (χ1v) is 12.5. The summed E-state index contributed by atoms with van der Waals surface area (Å²) in [5.41, 5.74) is 0.653. The van der Waals surface area contributed by atoms with Crippen LogP contribution in [0.25, 0.3) is 9.88 Å². The van der Waals surface area contributed by atoms with Crippen molar-refractivity contribution in [1.29, 1.82) is 0 Å². The minimum Gasteiger partial charge on any atom is -0.373 e. The van der Waals surface area contributed by atoms with Gasteiger partial charge in [0.2, 0.25) is 15.9 Å². The number of nitrogens with one attached hydrogen (secondary N) is 1. The average molecular weight is 464 g/mol. The van der Waals surface area contributed by atoms with E-state index in [1.165, 1.54) is 27.0 Å². The Morgan fingerprint density at radius 2 is 2.07 bits per heavy atom. The number of thiazole rings is 1. The van der Waals surface area contributed by atoms with Crippen molar-refractivity contribution in [2.24, 2.45) is 0 Å². The molecule has 28 heavy (non-hydrogen) atoms. The minimum absolute atomic E-state index is 0.0683. The number of amides is 1. The Balaban J connectivity index is 1.47. The number of rotatable bonds is 7. The van der Waals surface area contributed by atoms with Gasteiger partial charge in [-0.3, -0.25) is 4.79 Å². The lowest BCUT2D eigenvalue weighted by Crippen LogP contribution is -2.49. The summed E-state index contributed by atoms with van der Waals surface area (Å²) >= 11 is 8.83. The van der Waals surface area contributed by atoms with E-state index in [4.69, 9.17) is 16.3 Å². The molecule has 1 aliphatic heterocycles. The smallest absolute Gasteiger partial charge is 0.226 e. The van der Waals surface area contributed by atoms with Gasteiger partial charge in [-0.15, -0.1) is 22.7 Å². The van der Waals surface area contributed by atoms with Gasteiger partial charge in [-0.25, -0.2) is 13.4 Å². The highest BCUT2D eigenvalue weighted by Gasteiger charge is 2.30. The van der Waals surface area contributed by atoms with Crippen molar-refractivity contribution in [1.82, 2.24) is 14.6 Å². The SMILES string of the molecule is CC1CN(S(=O)(=O)CCNC(=O)Cc2csc(-c3ccc(Cl)s3)n2)CC(C)O1. The average Bonchev–Trinajstić information content (AvgIpc) is 3.22. The lowest BCUT2D eigenvalue weighted by molar-refractivity contribution is -0.120. The predicted molar refractivity (Wildman–Crippen MR) is 113 cm³/mol. The molecular formula is C17H22ClN3O4S3. The second kappa shape index (κ2) is 9.19. The molecule has 3 heterocycles. The van der Waals surface area contributed by atoms with Crippen LogP contribution >= 0.6 is 34.3 Å². The van der Waals surface area contributed by atoms with Gasteiger partial charge in [0, 0.05) is 25.0 Å². The van der Waals surface area contributed by atoms with Crippen molar-refractivity contribution < 1.29 is 17.9 Å². The summed E-state index contributed by atoms with van der Waals surface area (Å²) in [5, 5.41) is 5.32. The van der Waals surface area contributed by atoms with Gasteiger partial charge < -0.3 is 10.1 Å². The maximum Gasteiger partial charge on any atom is 0.226 e. The summed E-state index contributed by atoms with van der Waals surface area (Å²) < 4.78 is 32.7. The third-order valence-corrected chi connectivity index (χ3v) is 8.24. The lowest BCUT2D eigenvalue weighted by atomic mass is 10.3. The van der Waals surface area contributed by atoms with Crippen molar-refractivity contribution >= 4 is 50.2 Å². The van der Waals surface area contributed by atoms with E-state index in [0.29, 0.717) is 23.1 Å². The number of thiophene rings is 1.